The van der Waals surface area contributed by atoms with Crippen LogP contribution < -0.4 is 5.56 Å². The molecule has 5 heteroatoms. The second-order valence-corrected chi connectivity index (χ2v) is 4.71. The molecule has 0 N–H and O–H groups in total. The summed E-state index contributed by atoms with van der Waals surface area (Å²) in [5.74, 6) is -0.411. The fourth-order valence-corrected chi connectivity index (χ4v) is 2.43. The van der Waals surface area contributed by atoms with Gasteiger partial charge in [0.05, 0.1) is 16.4 Å². The van der Waals surface area contributed by atoms with Crippen molar-refractivity contribution in [3.05, 3.63) is 76.2 Å². The lowest BCUT2D eigenvalue weighted by atomic mass is 10.2. The average molecular weight is 289 g/mol. The Morgan fingerprint density at radius 3 is 2.80 bits per heavy atom. The SMILES string of the molecule is C=Cc1cn2ccc(Cl)c2c(=O)n1-c1cccc(F)c1. The molecule has 0 saturated carbocycles. The van der Waals surface area contributed by atoms with Gasteiger partial charge >= 0.3 is 0 Å². The van der Waals surface area contributed by atoms with E-state index in [2.05, 4.69) is 6.58 Å². The van der Waals surface area contributed by atoms with Crippen LogP contribution in [0.2, 0.25) is 5.02 Å². The van der Waals surface area contributed by atoms with Gasteiger partial charge in [0.2, 0.25) is 0 Å². The highest BCUT2D eigenvalue weighted by Crippen LogP contribution is 2.18. The Balaban J connectivity index is 2.45. The standard InChI is InChI=1S/C15H10ClFN2O/c1-2-11-9-18-7-6-13(16)14(18)15(20)19(11)12-5-3-4-10(17)8-12/h2-9H,1H2. The monoisotopic (exact) mass is 288 g/mol. The van der Waals surface area contributed by atoms with Gasteiger partial charge in [-0.1, -0.05) is 24.2 Å². The van der Waals surface area contributed by atoms with E-state index in [0.29, 0.717) is 21.9 Å². The summed E-state index contributed by atoms with van der Waals surface area (Å²) in [6.07, 6.45) is 4.96. The maximum atomic E-state index is 13.4. The van der Waals surface area contributed by atoms with Gasteiger partial charge < -0.3 is 4.40 Å². The second kappa shape index (κ2) is 4.65. The third-order valence-corrected chi connectivity index (χ3v) is 3.38. The second-order valence-electron chi connectivity index (χ2n) is 4.30. The fraction of sp³-hybridized carbons (Fsp3) is 0. The molecule has 0 radical (unpaired) electrons. The number of aromatic nitrogens is 2. The summed E-state index contributed by atoms with van der Waals surface area (Å²) in [5.41, 5.74) is 1.02. The zero-order valence-electron chi connectivity index (χ0n) is 10.4. The average Bonchev–Trinajstić information content (AvgIpc) is 2.80. The van der Waals surface area contributed by atoms with Crippen LogP contribution >= 0.6 is 11.6 Å². The molecule has 0 spiro atoms. The minimum Gasteiger partial charge on any atom is -0.316 e. The Morgan fingerprint density at radius 2 is 2.10 bits per heavy atom. The van der Waals surface area contributed by atoms with Crippen LogP contribution in [-0.2, 0) is 0 Å². The van der Waals surface area contributed by atoms with Gasteiger partial charge in [0.15, 0.2) is 0 Å². The molecule has 0 unspecified atom stereocenters. The van der Waals surface area contributed by atoms with Crippen LogP contribution in [-0.4, -0.2) is 8.97 Å². The maximum Gasteiger partial charge on any atom is 0.281 e. The third kappa shape index (κ3) is 1.85. The Kier molecular flexibility index (Phi) is 2.95. The first-order valence-corrected chi connectivity index (χ1v) is 6.30. The predicted octanol–water partition coefficient (Wildman–Crippen LogP) is 3.53. The number of fused-ring (bicyclic) bond motifs is 1. The number of hydrogen-bond donors (Lipinski definition) is 0. The van der Waals surface area contributed by atoms with Crippen molar-refractivity contribution in [2.45, 2.75) is 0 Å². The van der Waals surface area contributed by atoms with Crippen LogP contribution in [0.4, 0.5) is 4.39 Å². The summed E-state index contributed by atoms with van der Waals surface area (Å²) in [5, 5.41) is 0.357. The number of nitrogens with zero attached hydrogens (tertiary/aromatic N) is 2. The van der Waals surface area contributed by atoms with Crippen LogP contribution in [0.15, 0.2) is 54.1 Å². The molecule has 0 bridgehead atoms. The van der Waals surface area contributed by atoms with Crippen molar-refractivity contribution in [1.82, 2.24) is 8.97 Å². The van der Waals surface area contributed by atoms with E-state index in [1.165, 1.54) is 16.7 Å². The number of benzene rings is 1. The van der Waals surface area contributed by atoms with Crippen molar-refractivity contribution in [3.63, 3.8) is 0 Å². The molecule has 2 aromatic heterocycles. The van der Waals surface area contributed by atoms with Crippen LogP contribution in [0.25, 0.3) is 17.3 Å². The molecule has 3 rings (SSSR count). The van der Waals surface area contributed by atoms with Crippen LogP contribution in [0, 0.1) is 5.82 Å². The fourth-order valence-electron chi connectivity index (χ4n) is 2.19. The van der Waals surface area contributed by atoms with E-state index in [1.54, 1.807) is 41.1 Å². The molecular weight excluding hydrogens is 279 g/mol. The highest BCUT2D eigenvalue weighted by Gasteiger charge is 2.12. The summed E-state index contributed by atoms with van der Waals surface area (Å²) in [6, 6.07) is 7.46. The lowest BCUT2D eigenvalue weighted by Crippen LogP contribution is -2.22. The van der Waals surface area contributed by atoms with Gasteiger partial charge in [-0.15, -0.1) is 0 Å². The number of rotatable bonds is 2. The molecule has 0 aliphatic heterocycles. The first-order valence-electron chi connectivity index (χ1n) is 5.92. The molecule has 3 aromatic rings. The van der Waals surface area contributed by atoms with E-state index in [0.717, 1.165) is 0 Å². The zero-order chi connectivity index (χ0) is 14.3. The summed E-state index contributed by atoms with van der Waals surface area (Å²) in [6.45, 7) is 3.69. The number of hydrogen-bond acceptors (Lipinski definition) is 1. The Morgan fingerprint density at radius 1 is 1.30 bits per heavy atom. The summed E-state index contributed by atoms with van der Waals surface area (Å²) >= 11 is 6.03. The van der Waals surface area contributed by atoms with Gasteiger partial charge in [-0.25, -0.2) is 4.39 Å². The van der Waals surface area contributed by atoms with Gasteiger partial charge in [0.25, 0.3) is 5.56 Å². The van der Waals surface area contributed by atoms with Crippen molar-refractivity contribution in [2.24, 2.45) is 0 Å². The van der Waals surface area contributed by atoms with Gasteiger partial charge in [0, 0.05) is 12.4 Å². The van der Waals surface area contributed by atoms with Crippen molar-refractivity contribution < 1.29 is 4.39 Å². The normalized spacial score (nSPS) is 10.9. The molecule has 2 heterocycles. The van der Waals surface area contributed by atoms with Crippen LogP contribution in [0.1, 0.15) is 5.69 Å². The molecule has 0 saturated heterocycles. The predicted molar refractivity (Wildman–Crippen MR) is 78.1 cm³/mol. The highest BCUT2D eigenvalue weighted by atomic mass is 35.5. The molecule has 0 aliphatic rings. The van der Waals surface area contributed by atoms with Crippen molar-refractivity contribution >= 4 is 23.2 Å². The Hall–Kier alpha value is -2.33. The van der Waals surface area contributed by atoms with E-state index in [4.69, 9.17) is 11.6 Å². The lowest BCUT2D eigenvalue weighted by molar-refractivity contribution is 0.626. The minimum absolute atomic E-state index is 0.317. The van der Waals surface area contributed by atoms with Gasteiger partial charge in [-0.2, -0.15) is 0 Å². The molecule has 0 fully saturated rings. The smallest absolute Gasteiger partial charge is 0.281 e. The molecule has 100 valence electrons. The van der Waals surface area contributed by atoms with E-state index < -0.39 is 5.82 Å². The summed E-state index contributed by atoms with van der Waals surface area (Å²) in [7, 11) is 0. The Labute approximate surface area is 119 Å². The minimum atomic E-state index is -0.411. The summed E-state index contributed by atoms with van der Waals surface area (Å²) in [4.78, 5) is 12.6. The van der Waals surface area contributed by atoms with Crippen molar-refractivity contribution in [1.29, 1.82) is 0 Å². The van der Waals surface area contributed by atoms with Gasteiger partial charge in [-0.05, 0) is 30.3 Å². The van der Waals surface area contributed by atoms with E-state index >= 15 is 0 Å². The van der Waals surface area contributed by atoms with Gasteiger partial charge in [-0.3, -0.25) is 9.36 Å². The van der Waals surface area contributed by atoms with Crippen molar-refractivity contribution in [2.75, 3.05) is 0 Å². The molecule has 0 atom stereocenters. The van der Waals surface area contributed by atoms with Crippen LogP contribution in [0.5, 0.6) is 0 Å². The molecule has 3 nitrogen and oxygen atoms in total. The molecule has 0 amide bonds. The van der Waals surface area contributed by atoms with Gasteiger partial charge in [0.1, 0.15) is 11.3 Å². The molecule has 1 aromatic carbocycles. The molecular formula is C15H10ClFN2O. The third-order valence-electron chi connectivity index (χ3n) is 3.08. The molecule has 0 aliphatic carbocycles. The highest BCUT2D eigenvalue weighted by molar-refractivity contribution is 6.33. The summed E-state index contributed by atoms with van der Waals surface area (Å²) < 4.78 is 16.4. The lowest BCUT2D eigenvalue weighted by Gasteiger charge is -2.11. The largest absolute Gasteiger partial charge is 0.316 e. The zero-order valence-corrected chi connectivity index (χ0v) is 11.1. The maximum absolute atomic E-state index is 13.4. The van der Waals surface area contributed by atoms with E-state index in [1.807, 2.05) is 0 Å². The Bertz CT molecular complexity index is 879. The van der Waals surface area contributed by atoms with E-state index in [9.17, 15) is 9.18 Å². The first kappa shape index (κ1) is 12.7. The topological polar surface area (TPSA) is 26.4 Å². The molecule has 20 heavy (non-hydrogen) atoms. The van der Waals surface area contributed by atoms with E-state index in [-0.39, 0.29) is 5.56 Å². The van der Waals surface area contributed by atoms with Crippen molar-refractivity contribution in [3.8, 4) is 5.69 Å². The quantitative estimate of drug-likeness (QED) is 0.708. The first-order chi connectivity index (χ1) is 9.61. The number of halogens is 2. The van der Waals surface area contributed by atoms with Crippen LogP contribution in [0.3, 0.4) is 0 Å².